The molecule has 1 N–H and O–H groups in total. The fourth-order valence-electron chi connectivity index (χ4n) is 3.55. The number of ether oxygens (including phenoxy) is 1. The maximum atomic E-state index is 13.3. The van der Waals surface area contributed by atoms with E-state index >= 15 is 0 Å². The zero-order valence-corrected chi connectivity index (χ0v) is 23.1. The standard InChI is InChI=1S/C27H23BrCl2N4O3/c1-3-16(2)26-33-23-10-9-18(28)13-20(23)27(36)34(26)31-14-17-11-21(29)25(22(30)12-17)37-15-24(35)32-19-7-5-4-6-8-19/h4-14,16H,3,15H2,1-2H3,(H,32,35)/t16-/m1/s1. The van der Waals surface area contributed by atoms with E-state index in [1.165, 1.54) is 10.9 Å². The number of fused-ring (bicyclic) bond motifs is 1. The molecule has 7 nitrogen and oxygen atoms in total. The summed E-state index contributed by atoms with van der Waals surface area (Å²) < 4.78 is 7.66. The quantitative estimate of drug-likeness (QED) is 0.223. The molecule has 1 atom stereocenters. The van der Waals surface area contributed by atoms with Crippen LogP contribution in [-0.2, 0) is 4.79 Å². The van der Waals surface area contributed by atoms with Crippen LogP contribution < -0.4 is 15.6 Å². The number of anilines is 1. The summed E-state index contributed by atoms with van der Waals surface area (Å²) in [4.78, 5) is 30.2. The van der Waals surface area contributed by atoms with Gasteiger partial charge in [0.25, 0.3) is 11.5 Å². The Balaban J connectivity index is 1.58. The highest BCUT2D eigenvalue weighted by Crippen LogP contribution is 2.34. The molecule has 0 radical (unpaired) electrons. The van der Waals surface area contributed by atoms with Crippen LogP contribution >= 0.6 is 39.1 Å². The summed E-state index contributed by atoms with van der Waals surface area (Å²) in [6.45, 7) is 3.75. The third kappa shape index (κ3) is 6.39. The molecule has 0 bridgehead atoms. The van der Waals surface area contributed by atoms with Crippen LogP contribution in [0.5, 0.6) is 5.75 Å². The molecule has 1 heterocycles. The van der Waals surface area contributed by atoms with E-state index in [-0.39, 0.29) is 39.8 Å². The van der Waals surface area contributed by atoms with E-state index in [1.807, 2.05) is 38.1 Å². The van der Waals surface area contributed by atoms with E-state index in [4.69, 9.17) is 32.9 Å². The van der Waals surface area contributed by atoms with E-state index in [1.54, 1.807) is 36.4 Å². The topological polar surface area (TPSA) is 85.6 Å². The van der Waals surface area contributed by atoms with Crippen molar-refractivity contribution in [3.63, 3.8) is 0 Å². The monoisotopic (exact) mass is 600 g/mol. The van der Waals surface area contributed by atoms with Gasteiger partial charge in [-0.15, -0.1) is 0 Å². The molecule has 1 amide bonds. The molecule has 4 rings (SSSR count). The van der Waals surface area contributed by atoms with E-state index in [2.05, 4.69) is 26.3 Å². The second-order valence-corrected chi connectivity index (χ2v) is 10.0. The maximum absolute atomic E-state index is 13.3. The SMILES string of the molecule is CC[C@@H](C)c1nc2ccc(Br)cc2c(=O)n1N=Cc1cc(Cl)c(OCC(=O)Nc2ccccc2)c(Cl)c1. The molecule has 37 heavy (non-hydrogen) atoms. The summed E-state index contributed by atoms with van der Waals surface area (Å²) >= 11 is 16.2. The summed E-state index contributed by atoms with van der Waals surface area (Å²) in [6.07, 6.45) is 2.27. The third-order valence-corrected chi connectivity index (χ3v) is 6.69. The molecule has 0 saturated heterocycles. The molecule has 10 heteroatoms. The van der Waals surface area contributed by atoms with Crippen LogP contribution in [0.3, 0.4) is 0 Å². The van der Waals surface area contributed by atoms with Crippen molar-refractivity contribution < 1.29 is 9.53 Å². The van der Waals surface area contributed by atoms with Crippen molar-refractivity contribution in [1.29, 1.82) is 0 Å². The molecule has 0 fully saturated rings. The minimum atomic E-state index is -0.351. The zero-order chi connectivity index (χ0) is 26.5. The predicted octanol–water partition coefficient (Wildman–Crippen LogP) is 6.88. The summed E-state index contributed by atoms with van der Waals surface area (Å²) in [7, 11) is 0. The number of aromatic nitrogens is 2. The van der Waals surface area contributed by atoms with Crippen LogP contribution in [0.25, 0.3) is 10.9 Å². The highest BCUT2D eigenvalue weighted by atomic mass is 79.9. The maximum Gasteiger partial charge on any atom is 0.282 e. The van der Waals surface area contributed by atoms with Crippen LogP contribution in [0.4, 0.5) is 5.69 Å². The Bertz CT molecular complexity index is 1520. The van der Waals surface area contributed by atoms with Crippen molar-refractivity contribution in [3.8, 4) is 5.75 Å². The first kappa shape index (κ1) is 26.9. The fourth-order valence-corrected chi connectivity index (χ4v) is 4.53. The van der Waals surface area contributed by atoms with Gasteiger partial charge in [0.2, 0.25) is 0 Å². The number of nitrogens with zero attached hydrogens (tertiary/aromatic N) is 3. The highest BCUT2D eigenvalue weighted by Gasteiger charge is 2.16. The molecule has 0 aliphatic heterocycles. The van der Waals surface area contributed by atoms with Crippen molar-refractivity contribution in [2.24, 2.45) is 5.10 Å². The first-order chi connectivity index (χ1) is 17.8. The van der Waals surface area contributed by atoms with E-state index in [0.717, 1.165) is 10.9 Å². The Kier molecular flexibility index (Phi) is 8.63. The smallest absolute Gasteiger partial charge is 0.282 e. The number of nitrogens with one attached hydrogen (secondary N) is 1. The minimum absolute atomic E-state index is 0.00267. The molecule has 190 valence electrons. The first-order valence-corrected chi connectivity index (χ1v) is 13.0. The number of para-hydroxylation sites is 1. The summed E-state index contributed by atoms with van der Waals surface area (Å²) in [5.41, 5.74) is 1.54. The fraction of sp³-hybridized carbons (Fsp3) is 0.185. The Morgan fingerprint density at radius 2 is 1.86 bits per heavy atom. The van der Waals surface area contributed by atoms with Crippen LogP contribution in [0.2, 0.25) is 10.0 Å². The Hall–Kier alpha value is -3.20. The molecule has 1 aromatic heterocycles. The van der Waals surface area contributed by atoms with E-state index < -0.39 is 0 Å². The normalized spacial score (nSPS) is 12.1. The second kappa shape index (κ2) is 11.9. The predicted molar refractivity (Wildman–Crippen MR) is 152 cm³/mol. The highest BCUT2D eigenvalue weighted by molar-refractivity contribution is 9.10. The second-order valence-electron chi connectivity index (χ2n) is 8.32. The van der Waals surface area contributed by atoms with Crippen molar-refractivity contribution in [2.45, 2.75) is 26.2 Å². The average Bonchev–Trinajstić information content (AvgIpc) is 2.88. The summed E-state index contributed by atoms with van der Waals surface area (Å²) in [6, 6.07) is 17.6. The number of carbonyl (C=O) groups excluding carboxylic acids is 1. The summed E-state index contributed by atoms with van der Waals surface area (Å²) in [5.74, 6) is 0.387. The van der Waals surface area contributed by atoms with Crippen LogP contribution in [-0.4, -0.2) is 28.4 Å². The Morgan fingerprint density at radius 1 is 1.16 bits per heavy atom. The number of rotatable bonds is 8. The van der Waals surface area contributed by atoms with Crippen molar-refractivity contribution in [3.05, 3.63) is 96.9 Å². The van der Waals surface area contributed by atoms with Gasteiger partial charge in [-0.1, -0.05) is 71.2 Å². The van der Waals surface area contributed by atoms with Crippen LogP contribution in [0.1, 0.15) is 37.6 Å². The molecule has 0 spiro atoms. The lowest BCUT2D eigenvalue weighted by molar-refractivity contribution is -0.118. The lowest BCUT2D eigenvalue weighted by Crippen LogP contribution is -2.23. The number of hydrogen-bond acceptors (Lipinski definition) is 5. The van der Waals surface area contributed by atoms with Gasteiger partial charge in [-0.05, 0) is 54.4 Å². The van der Waals surface area contributed by atoms with E-state index in [0.29, 0.717) is 28.0 Å². The number of carbonyl (C=O) groups is 1. The number of benzene rings is 3. The van der Waals surface area contributed by atoms with Gasteiger partial charge < -0.3 is 10.1 Å². The Morgan fingerprint density at radius 3 is 2.54 bits per heavy atom. The largest absolute Gasteiger partial charge is 0.481 e. The van der Waals surface area contributed by atoms with Gasteiger partial charge in [0.1, 0.15) is 5.82 Å². The molecular weight excluding hydrogens is 579 g/mol. The summed E-state index contributed by atoms with van der Waals surface area (Å²) in [5, 5.41) is 8.03. The van der Waals surface area contributed by atoms with Crippen molar-refractivity contribution in [1.82, 2.24) is 9.66 Å². The molecule has 0 aliphatic rings. The van der Waals surface area contributed by atoms with Gasteiger partial charge in [0, 0.05) is 16.1 Å². The first-order valence-electron chi connectivity index (χ1n) is 11.5. The molecule has 4 aromatic rings. The Labute approximate surface area is 232 Å². The van der Waals surface area contributed by atoms with Gasteiger partial charge in [0.05, 0.1) is 27.2 Å². The van der Waals surface area contributed by atoms with E-state index in [9.17, 15) is 9.59 Å². The molecule has 0 unspecified atom stereocenters. The lowest BCUT2D eigenvalue weighted by Gasteiger charge is -2.14. The molecular formula is C27H23BrCl2N4O3. The van der Waals surface area contributed by atoms with Crippen molar-refractivity contribution in [2.75, 3.05) is 11.9 Å². The van der Waals surface area contributed by atoms with Gasteiger partial charge in [0.15, 0.2) is 12.4 Å². The van der Waals surface area contributed by atoms with Gasteiger partial charge in [-0.25, -0.2) is 4.98 Å². The van der Waals surface area contributed by atoms with Crippen LogP contribution in [0, 0.1) is 0 Å². The van der Waals surface area contributed by atoms with Gasteiger partial charge in [-0.3, -0.25) is 9.59 Å². The van der Waals surface area contributed by atoms with Gasteiger partial charge >= 0.3 is 0 Å². The van der Waals surface area contributed by atoms with Crippen LogP contribution in [0.15, 0.2) is 75.0 Å². The lowest BCUT2D eigenvalue weighted by atomic mass is 10.1. The van der Waals surface area contributed by atoms with Crippen molar-refractivity contribution >= 4 is 67.8 Å². The minimum Gasteiger partial charge on any atom is -0.481 e. The molecule has 3 aromatic carbocycles. The molecule has 0 aliphatic carbocycles. The third-order valence-electron chi connectivity index (χ3n) is 5.63. The van der Waals surface area contributed by atoms with Gasteiger partial charge in [-0.2, -0.15) is 9.78 Å². The number of amides is 1. The number of hydrogen-bond donors (Lipinski definition) is 1. The number of halogens is 3. The average molecular weight is 602 g/mol. The zero-order valence-electron chi connectivity index (χ0n) is 20.0. The molecule has 0 saturated carbocycles.